The van der Waals surface area contributed by atoms with Crippen LogP contribution in [0.1, 0.15) is 5.82 Å². The van der Waals surface area contributed by atoms with E-state index in [0.29, 0.717) is 0 Å². The molecule has 3 heterocycles. The average Bonchev–Trinajstić information content (AvgIpc) is 2.70. The molecule has 1 aliphatic rings. The van der Waals surface area contributed by atoms with Crippen molar-refractivity contribution in [3.05, 3.63) is 12.2 Å². The van der Waals surface area contributed by atoms with Crippen LogP contribution in [0.15, 0.2) is 6.33 Å². The van der Waals surface area contributed by atoms with Crippen molar-refractivity contribution in [2.45, 2.75) is 6.92 Å². The van der Waals surface area contributed by atoms with Crippen molar-refractivity contribution in [2.75, 3.05) is 31.2 Å². The zero-order chi connectivity index (χ0) is 11.0. The second kappa shape index (κ2) is 3.71. The average molecular weight is 219 g/mol. The molecule has 0 unspecified atom stereocenters. The van der Waals surface area contributed by atoms with E-state index in [-0.39, 0.29) is 0 Å². The van der Waals surface area contributed by atoms with Crippen molar-refractivity contribution in [1.29, 1.82) is 0 Å². The Kier molecular flexibility index (Phi) is 2.21. The van der Waals surface area contributed by atoms with Crippen molar-refractivity contribution >= 4 is 17.0 Å². The van der Waals surface area contributed by atoms with E-state index in [1.165, 1.54) is 0 Å². The summed E-state index contributed by atoms with van der Waals surface area (Å²) in [7, 11) is 0. The van der Waals surface area contributed by atoms with E-state index in [1.807, 2.05) is 6.92 Å². The van der Waals surface area contributed by atoms with Crippen molar-refractivity contribution in [1.82, 2.24) is 19.9 Å². The lowest BCUT2D eigenvalue weighted by atomic mass is 10.4. The largest absolute Gasteiger partial charge is 0.378 e. The highest BCUT2D eigenvalue weighted by Crippen LogP contribution is 2.21. The van der Waals surface area contributed by atoms with E-state index in [0.717, 1.165) is 49.1 Å². The van der Waals surface area contributed by atoms with Gasteiger partial charge in [-0.25, -0.2) is 15.0 Å². The maximum Gasteiger partial charge on any atom is 0.183 e. The highest BCUT2D eigenvalue weighted by atomic mass is 16.5. The first-order valence-electron chi connectivity index (χ1n) is 5.34. The number of morpholine rings is 1. The van der Waals surface area contributed by atoms with Crippen LogP contribution in [0.5, 0.6) is 0 Å². The lowest BCUT2D eigenvalue weighted by molar-refractivity contribution is 0.122. The van der Waals surface area contributed by atoms with Crippen LogP contribution in [0, 0.1) is 6.92 Å². The summed E-state index contributed by atoms with van der Waals surface area (Å²) in [6.45, 7) is 5.15. The summed E-state index contributed by atoms with van der Waals surface area (Å²) in [5.74, 6) is 1.79. The maximum absolute atomic E-state index is 5.33. The first-order valence-corrected chi connectivity index (χ1v) is 5.34. The number of nitrogens with zero attached hydrogens (tertiary/aromatic N) is 4. The van der Waals surface area contributed by atoms with E-state index in [4.69, 9.17) is 4.74 Å². The summed E-state index contributed by atoms with van der Waals surface area (Å²) in [5.41, 5.74) is 1.65. The number of hydrogen-bond acceptors (Lipinski definition) is 5. The second-order valence-electron chi connectivity index (χ2n) is 3.82. The molecule has 0 spiro atoms. The molecule has 6 nitrogen and oxygen atoms in total. The fraction of sp³-hybridized carbons (Fsp3) is 0.500. The van der Waals surface area contributed by atoms with Crippen LogP contribution in [0.25, 0.3) is 11.2 Å². The van der Waals surface area contributed by atoms with Gasteiger partial charge in [0, 0.05) is 13.1 Å². The molecule has 3 rings (SSSR count). The lowest BCUT2D eigenvalue weighted by Crippen LogP contribution is -2.36. The van der Waals surface area contributed by atoms with Gasteiger partial charge in [0.1, 0.15) is 17.7 Å². The quantitative estimate of drug-likeness (QED) is 0.756. The predicted molar refractivity (Wildman–Crippen MR) is 59.5 cm³/mol. The first-order chi connectivity index (χ1) is 7.84. The molecule has 0 bridgehead atoms. The molecule has 84 valence electrons. The molecule has 1 N–H and O–H groups in total. The fourth-order valence-electron chi connectivity index (χ4n) is 1.95. The normalized spacial score (nSPS) is 16.9. The van der Waals surface area contributed by atoms with Gasteiger partial charge in [0.25, 0.3) is 0 Å². The van der Waals surface area contributed by atoms with E-state index in [9.17, 15) is 0 Å². The molecule has 1 aliphatic heterocycles. The standard InChI is InChI=1S/C10H13N5O/c1-7-13-8-9(14-7)11-6-12-10(8)15-2-4-16-5-3-15/h6H,2-5H2,1H3,(H,11,12,13,14). The number of imidazole rings is 1. The number of aryl methyl sites for hydroxylation is 1. The number of nitrogens with one attached hydrogen (secondary N) is 1. The molecule has 2 aromatic rings. The smallest absolute Gasteiger partial charge is 0.183 e. The molecule has 6 heteroatoms. The zero-order valence-corrected chi connectivity index (χ0v) is 9.10. The maximum atomic E-state index is 5.33. The Morgan fingerprint density at radius 3 is 2.94 bits per heavy atom. The van der Waals surface area contributed by atoms with Gasteiger partial charge in [0.05, 0.1) is 13.2 Å². The van der Waals surface area contributed by atoms with E-state index in [2.05, 4.69) is 24.8 Å². The van der Waals surface area contributed by atoms with Crippen LogP contribution in [0.2, 0.25) is 0 Å². The van der Waals surface area contributed by atoms with E-state index < -0.39 is 0 Å². The van der Waals surface area contributed by atoms with Crippen LogP contribution < -0.4 is 4.90 Å². The molecular formula is C10H13N5O. The summed E-state index contributed by atoms with van der Waals surface area (Å²) < 4.78 is 5.33. The zero-order valence-electron chi connectivity index (χ0n) is 9.10. The van der Waals surface area contributed by atoms with Gasteiger partial charge in [-0.3, -0.25) is 0 Å². The molecule has 0 aromatic carbocycles. The van der Waals surface area contributed by atoms with Crippen molar-refractivity contribution < 1.29 is 4.74 Å². The van der Waals surface area contributed by atoms with E-state index in [1.54, 1.807) is 6.33 Å². The number of aromatic nitrogens is 4. The molecule has 0 radical (unpaired) electrons. The fourth-order valence-corrected chi connectivity index (χ4v) is 1.95. The minimum absolute atomic E-state index is 0.731. The number of aromatic amines is 1. The van der Waals surface area contributed by atoms with Gasteiger partial charge < -0.3 is 14.6 Å². The monoisotopic (exact) mass is 219 g/mol. The summed E-state index contributed by atoms with van der Waals surface area (Å²) in [6, 6.07) is 0. The summed E-state index contributed by atoms with van der Waals surface area (Å²) in [5, 5.41) is 0. The van der Waals surface area contributed by atoms with Gasteiger partial charge in [-0.2, -0.15) is 0 Å². The number of H-pyrrole nitrogens is 1. The third kappa shape index (κ3) is 1.51. The highest BCUT2D eigenvalue weighted by molar-refractivity contribution is 5.83. The van der Waals surface area contributed by atoms with Gasteiger partial charge in [-0.15, -0.1) is 0 Å². The Morgan fingerprint density at radius 1 is 1.31 bits per heavy atom. The lowest BCUT2D eigenvalue weighted by Gasteiger charge is -2.27. The number of rotatable bonds is 1. The van der Waals surface area contributed by atoms with Gasteiger partial charge in [-0.1, -0.05) is 0 Å². The van der Waals surface area contributed by atoms with E-state index >= 15 is 0 Å². The Labute approximate surface area is 92.7 Å². The molecule has 0 atom stereocenters. The van der Waals surface area contributed by atoms with Gasteiger partial charge in [0.15, 0.2) is 11.5 Å². The molecular weight excluding hydrogens is 206 g/mol. The Morgan fingerprint density at radius 2 is 2.12 bits per heavy atom. The SMILES string of the molecule is Cc1nc2ncnc(N3CCOCC3)c2[nH]1. The van der Waals surface area contributed by atoms with Crippen molar-refractivity contribution in [2.24, 2.45) is 0 Å². The molecule has 16 heavy (non-hydrogen) atoms. The van der Waals surface area contributed by atoms with Crippen LogP contribution in [0.4, 0.5) is 5.82 Å². The second-order valence-corrected chi connectivity index (χ2v) is 3.82. The van der Waals surface area contributed by atoms with Crippen LogP contribution in [0.3, 0.4) is 0 Å². The van der Waals surface area contributed by atoms with Gasteiger partial charge in [0.2, 0.25) is 0 Å². The van der Waals surface area contributed by atoms with Gasteiger partial charge in [-0.05, 0) is 6.92 Å². The summed E-state index contributed by atoms with van der Waals surface area (Å²) >= 11 is 0. The minimum atomic E-state index is 0.731. The predicted octanol–water partition coefficient (Wildman–Crippen LogP) is 0.498. The van der Waals surface area contributed by atoms with Crippen molar-refractivity contribution in [3.8, 4) is 0 Å². The Bertz CT molecular complexity index is 503. The third-order valence-electron chi connectivity index (χ3n) is 2.70. The summed E-state index contributed by atoms with van der Waals surface area (Å²) in [4.78, 5) is 18.2. The van der Waals surface area contributed by atoms with Crippen molar-refractivity contribution in [3.63, 3.8) is 0 Å². The minimum Gasteiger partial charge on any atom is -0.378 e. The molecule has 1 saturated heterocycles. The molecule has 0 aliphatic carbocycles. The molecule has 2 aromatic heterocycles. The van der Waals surface area contributed by atoms with Crippen LogP contribution in [-0.2, 0) is 4.74 Å². The number of anilines is 1. The molecule has 1 fully saturated rings. The third-order valence-corrected chi connectivity index (χ3v) is 2.70. The Balaban J connectivity index is 2.07. The molecule has 0 saturated carbocycles. The first kappa shape index (κ1) is 9.53. The number of ether oxygens (including phenoxy) is 1. The van der Waals surface area contributed by atoms with Crippen LogP contribution >= 0.6 is 0 Å². The molecule has 0 amide bonds. The topological polar surface area (TPSA) is 66.9 Å². The number of fused-ring (bicyclic) bond motifs is 1. The number of hydrogen-bond donors (Lipinski definition) is 1. The van der Waals surface area contributed by atoms with Crippen LogP contribution in [-0.4, -0.2) is 46.2 Å². The highest BCUT2D eigenvalue weighted by Gasteiger charge is 2.17. The Hall–Kier alpha value is -1.69. The summed E-state index contributed by atoms with van der Waals surface area (Å²) in [6.07, 6.45) is 1.56. The van der Waals surface area contributed by atoms with Gasteiger partial charge >= 0.3 is 0 Å².